The van der Waals surface area contributed by atoms with Crippen LogP contribution in [0.4, 0.5) is 0 Å². The Morgan fingerprint density at radius 1 is 1.38 bits per heavy atom. The molecular weight excluding hydrogens is 202 g/mol. The minimum atomic E-state index is -0.0135. The number of benzene rings is 1. The van der Waals surface area contributed by atoms with Gasteiger partial charge in [-0.3, -0.25) is 0 Å². The van der Waals surface area contributed by atoms with Crippen LogP contribution < -0.4 is 10.5 Å². The van der Waals surface area contributed by atoms with E-state index in [1.165, 1.54) is 16.7 Å². The van der Waals surface area contributed by atoms with Crippen LogP contribution in [0.5, 0.6) is 5.75 Å². The average molecular weight is 219 g/mol. The van der Waals surface area contributed by atoms with Crippen molar-refractivity contribution in [1.29, 1.82) is 0 Å². The molecule has 2 N–H and O–H groups in total. The number of hydrogen-bond donors (Lipinski definition) is 1. The molecule has 0 bridgehead atoms. The Kier molecular flexibility index (Phi) is 2.37. The van der Waals surface area contributed by atoms with E-state index in [0.29, 0.717) is 6.61 Å². The Hall–Kier alpha value is -1.06. The van der Waals surface area contributed by atoms with E-state index in [1.54, 1.807) is 0 Å². The Morgan fingerprint density at radius 2 is 2.25 bits per heavy atom. The average Bonchev–Trinajstić information content (AvgIpc) is 2.33. The van der Waals surface area contributed by atoms with Crippen molar-refractivity contribution in [2.45, 2.75) is 38.5 Å². The quantitative estimate of drug-likeness (QED) is 0.725. The predicted molar refractivity (Wildman–Crippen MR) is 61.4 cm³/mol. The van der Waals surface area contributed by atoms with Crippen LogP contribution in [0, 0.1) is 0 Å². The molecule has 1 aromatic carbocycles. The standard InChI is InChI=1S/C13H17NO2/c1-8-13(14)12-9(7-16-8)4-5-11-10(12)3-2-6-15-11/h4-5,8,13H,2-3,6-7,14H2,1H3/t8-,13?/m1/s1. The molecule has 3 rings (SSSR count). The van der Waals surface area contributed by atoms with Crippen molar-refractivity contribution in [3.8, 4) is 5.75 Å². The second-order valence-corrected chi connectivity index (χ2v) is 4.61. The Labute approximate surface area is 95.5 Å². The van der Waals surface area contributed by atoms with E-state index < -0.39 is 0 Å². The molecule has 0 aliphatic carbocycles. The first-order valence-corrected chi connectivity index (χ1v) is 5.92. The fourth-order valence-electron chi connectivity index (χ4n) is 2.62. The monoisotopic (exact) mass is 219 g/mol. The van der Waals surface area contributed by atoms with Gasteiger partial charge in [0, 0.05) is 0 Å². The van der Waals surface area contributed by atoms with E-state index in [4.69, 9.17) is 15.2 Å². The third-order valence-electron chi connectivity index (χ3n) is 3.57. The molecule has 0 amide bonds. The molecule has 1 aromatic rings. The van der Waals surface area contributed by atoms with Crippen LogP contribution >= 0.6 is 0 Å². The van der Waals surface area contributed by atoms with Gasteiger partial charge in [0.15, 0.2) is 0 Å². The highest BCUT2D eigenvalue weighted by Crippen LogP contribution is 2.37. The van der Waals surface area contributed by atoms with Crippen LogP contribution in [0.25, 0.3) is 0 Å². The van der Waals surface area contributed by atoms with E-state index in [9.17, 15) is 0 Å². The van der Waals surface area contributed by atoms with Crippen molar-refractivity contribution >= 4 is 0 Å². The van der Waals surface area contributed by atoms with Gasteiger partial charge in [-0.2, -0.15) is 0 Å². The van der Waals surface area contributed by atoms with Gasteiger partial charge >= 0.3 is 0 Å². The largest absolute Gasteiger partial charge is 0.493 e. The maximum atomic E-state index is 6.23. The van der Waals surface area contributed by atoms with Gasteiger partial charge in [-0.15, -0.1) is 0 Å². The summed E-state index contributed by atoms with van der Waals surface area (Å²) < 4.78 is 11.3. The first-order valence-electron chi connectivity index (χ1n) is 5.92. The second-order valence-electron chi connectivity index (χ2n) is 4.61. The van der Waals surface area contributed by atoms with E-state index >= 15 is 0 Å². The zero-order valence-electron chi connectivity index (χ0n) is 9.53. The maximum Gasteiger partial charge on any atom is 0.122 e. The number of fused-ring (bicyclic) bond motifs is 3. The summed E-state index contributed by atoms with van der Waals surface area (Å²) >= 11 is 0. The first kappa shape index (κ1) is 10.1. The van der Waals surface area contributed by atoms with E-state index in [-0.39, 0.29) is 12.1 Å². The molecule has 3 heteroatoms. The lowest BCUT2D eigenvalue weighted by molar-refractivity contribution is 0.0207. The molecule has 0 saturated heterocycles. The van der Waals surface area contributed by atoms with Crippen LogP contribution in [-0.2, 0) is 17.8 Å². The molecule has 0 aromatic heterocycles. The number of ether oxygens (including phenoxy) is 2. The molecule has 1 unspecified atom stereocenters. The summed E-state index contributed by atoms with van der Waals surface area (Å²) in [4.78, 5) is 0. The van der Waals surface area contributed by atoms with Crippen molar-refractivity contribution in [2.75, 3.05) is 6.61 Å². The van der Waals surface area contributed by atoms with Crippen LogP contribution in [-0.4, -0.2) is 12.7 Å². The molecule has 3 nitrogen and oxygen atoms in total. The van der Waals surface area contributed by atoms with Crippen LogP contribution in [0.2, 0.25) is 0 Å². The predicted octanol–water partition coefficient (Wildman–Crippen LogP) is 1.93. The maximum absolute atomic E-state index is 6.23. The zero-order valence-corrected chi connectivity index (χ0v) is 9.53. The van der Waals surface area contributed by atoms with Gasteiger partial charge in [-0.05, 0) is 42.5 Å². The number of hydrogen-bond acceptors (Lipinski definition) is 3. The lowest BCUT2D eigenvalue weighted by Crippen LogP contribution is -2.33. The zero-order chi connectivity index (χ0) is 11.1. The summed E-state index contributed by atoms with van der Waals surface area (Å²) in [6.07, 6.45) is 2.27. The second kappa shape index (κ2) is 3.75. The Morgan fingerprint density at radius 3 is 3.12 bits per heavy atom. The summed E-state index contributed by atoms with van der Waals surface area (Å²) in [6.45, 7) is 3.54. The fourth-order valence-corrected chi connectivity index (χ4v) is 2.62. The highest BCUT2D eigenvalue weighted by atomic mass is 16.5. The van der Waals surface area contributed by atoms with Gasteiger partial charge in [-0.1, -0.05) is 6.07 Å². The van der Waals surface area contributed by atoms with Gasteiger partial charge in [0.05, 0.1) is 25.4 Å². The highest BCUT2D eigenvalue weighted by Gasteiger charge is 2.29. The minimum Gasteiger partial charge on any atom is -0.493 e. The van der Waals surface area contributed by atoms with Crippen LogP contribution in [0.1, 0.15) is 36.1 Å². The first-order chi connectivity index (χ1) is 7.77. The van der Waals surface area contributed by atoms with E-state index in [1.807, 2.05) is 6.92 Å². The molecular formula is C13H17NO2. The lowest BCUT2D eigenvalue weighted by Gasteiger charge is -2.33. The topological polar surface area (TPSA) is 44.5 Å². The lowest BCUT2D eigenvalue weighted by atomic mass is 9.87. The summed E-state index contributed by atoms with van der Waals surface area (Å²) in [5, 5.41) is 0. The molecule has 0 radical (unpaired) electrons. The van der Waals surface area contributed by atoms with E-state index in [2.05, 4.69) is 12.1 Å². The molecule has 86 valence electrons. The molecule has 2 heterocycles. The van der Waals surface area contributed by atoms with Crippen molar-refractivity contribution in [1.82, 2.24) is 0 Å². The molecule has 2 aliphatic heterocycles. The Balaban J connectivity index is 2.14. The molecule has 0 spiro atoms. The fraction of sp³-hybridized carbons (Fsp3) is 0.538. The smallest absolute Gasteiger partial charge is 0.122 e. The Bertz CT molecular complexity index is 417. The molecule has 2 atom stereocenters. The van der Waals surface area contributed by atoms with Gasteiger partial charge < -0.3 is 15.2 Å². The van der Waals surface area contributed by atoms with Crippen LogP contribution in [0.15, 0.2) is 12.1 Å². The normalized spacial score (nSPS) is 27.9. The molecule has 0 fully saturated rings. The van der Waals surface area contributed by atoms with Crippen molar-refractivity contribution in [3.05, 3.63) is 28.8 Å². The summed E-state index contributed by atoms with van der Waals surface area (Å²) in [5.41, 5.74) is 10.1. The molecule has 2 aliphatic rings. The van der Waals surface area contributed by atoms with Gasteiger partial charge in [-0.25, -0.2) is 0 Å². The van der Waals surface area contributed by atoms with Gasteiger partial charge in [0.2, 0.25) is 0 Å². The van der Waals surface area contributed by atoms with Crippen molar-refractivity contribution < 1.29 is 9.47 Å². The summed E-state index contributed by atoms with van der Waals surface area (Å²) in [5.74, 6) is 1.02. The SMILES string of the molecule is C[C@H]1OCc2ccc3c(c2C1N)CCCO3. The van der Waals surface area contributed by atoms with E-state index in [0.717, 1.165) is 25.2 Å². The van der Waals surface area contributed by atoms with Crippen LogP contribution in [0.3, 0.4) is 0 Å². The number of rotatable bonds is 0. The molecule has 16 heavy (non-hydrogen) atoms. The van der Waals surface area contributed by atoms with Crippen molar-refractivity contribution in [3.63, 3.8) is 0 Å². The highest BCUT2D eigenvalue weighted by molar-refractivity contribution is 5.48. The third-order valence-corrected chi connectivity index (χ3v) is 3.57. The summed E-state index contributed by atoms with van der Waals surface area (Å²) in [6, 6.07) is 4.13. The third kappa shape index (κ3) is 1.43. The van der Waals surface area contributed by atoms with Crippen molar-refractivity contribution in [2.24, 2.45) is 5.73 Å². The van der Waals surface area contributed by atoms with Gasteiger partial charge in [0.25, 0.3) is 0 Å². The molecule has 0 saturated carbocycles. The number of nitrogens with two attached hydrogens (primary N) is 1. The summed E-state index contributed by atoms with van der Waals surface area (Å²) in [7, 11) is 0. The van der Waals surface area contributed by atoms with Gasteiger partial charge in [0.1, 0.15) is 5.75 Å². The minimum absolute atomic E-state index is 0.0135.